The number of hydrogen-bond donors (Lipinski definition) is 0. The van der Waals surface area contributed by atoms with Crippen molar-refractivity contribution >= 4 is 11.8 Å². The van der Waals surface area contributed by atoms with Gasteiger partial charge in [-0.1, -0.05) is 37.3 Å². The Labute approximate surface area is 185 Å². The van der Waals surface area contributed by atoms with Crippen molar-refractivity contribution in [2.24, 2.45) is 13.0 Å². The van der Waals surface area contributed by atoms with E-state index in [-0.39, 0.29) is 36.2 Å². The van der Waals surface area contributed by atoms with Crippen LogP contribution in [-0.4, -0.2) is 59.0 Å². The van der Waals surface area contributed by atoms with Crippen molar-refractivity contribution in [1.29, 1.82) is 0 Å². The first-order chi connectivity index (χ1) is 15.0. The molecular weight excluding hydrogens is 390 g/mol. The summed E-state index contributed by atoms with van der Waals surface area (Å²) in [5, 5.41) is 0. The normalized spacial score (nSPS) is 18.5. The number of aryl methyl sites for hydroxylation is 1. The van der Waals surface area contributed by atoms with Gasteiger partial charge in [0.1, 0.15) is 6.54 Å². The minimum atomic E-state index is -0.0381. The van der Waals surface area contributed by atoms with Crippen LogP contribution in [0.3, 0.4) is 0 Å². The molecule has 1 aliphatic carbocycles. The number of benzene rings is 1. The molecule has 0 aliphatic heterocycles. The maximum Gasteiger partial charge on any atom is 0.242 e. The van der Waals surface area contributed by atoms with Gasteiger partial charge < -0.3 is 19.1 Å². The average Bonchev–Trinajstić information content (AvgIpc) is 3.50. The molecule has 0 spiro atoms. The number of carbonyl (C=O) groups is 2. The van der Waals surface area contributed by atoms with Crippen LogP contribution in [-0.2, 0) is 27.9 Å². The van der Waals surface area contributed by atoms with Crippen LogP contribution in [0.4, 0.5) is 0 Å². The van der Waals surface area contributed by atoms with Gasteiger partial charge in [-0.3, -0.25) is 9.59 Å². The summed E-state index contributed by atoms with van der Waals surface area (Å²) in [6, 6.07) is 14.2. The standard InChI is InChI=1S/C25H35N3O3/c1-5-19(2)28(25(30)23-16-22(23)20-10-7-6-8-11-20)18-24(29)27(14-15-31-4)17-21-12-9-13-26(21)3/h6-13,19,22-23H,5,14-18H2,1-4H3. The molecule has 168 valence electrons. The molecule has 1 saturated carbocycles. The van der Waals surface area contributed by atoms with Crippen LogP contribution in [0.15, 0.2) is 48.7 Å². The lowest BCUT2D eigenvalue weighted by Gasteiger charge is -2.31. The van der Waals surface area contributed by atoms with Crippen LogP contribution in [0, 0.1) is 5.92 Å². The smallest absolute Gasteiger partial charge is 0.242 e. The third kappa shape index (κ3) is 5.76. The summed E-state index contributed by atoms with van der Waals surface area (Å²) in [5.74, 6) is 0.304. The van der Waals surface area contributed by atoms with E-state index in [4.69, 9.17) is 4.74 Å². The molecule has 3 unspecified atom stereocenters. The molecule has 3 rings (SSSR count). The Morgan fingerprint density at radius 3 is 2.55 bits per heavy atom. The molecular formula is C25H35N3O3. The van der Waals surface area contributed by atoms with Crippen molar-refractivity contribution in [2.45, 2.75) is 45.2 Å². The van der Waals surface area contributed by atoms with Gasteiger partial charge in [-0.2, -0.15) is 0 Å². The van der Waals surface area contributed by atoms with Gasteiger partial charge in [-0.15, -0.1) is 0 Å². The van der Waals surface area contributed by atoms with Crippen molar-refractivity contribution in [3.8, 4) is 0 Å². The molecule has 1 aliphatic rings. The molecule has 1 fully saturated rings. The van der Waals surface area contributed by atoms with E-state index in [1.54, 1.807) is 16.9 Å². The number of nitrogens with zero attached hydrogens (tertiary/aromatic N) is 3. The molecule has 1 aromatic carbocycles. The maximum absolute atomic E-state index is 13.4. The molecule has 31 heavy (non-hydrogen) atoms. The van der Waals surface area contributed by atoms with Crippen LogP contribution in [0.5, 0.6) is 0 Å². The third-order valence-corrected chi connectivity index (χ3v) is 6.37. The highest BCUT2D eigenvalue weighted by atomic mass is 16.5. The van der Waals surface area contributed by atoms with Crippen molar-refractivity contribution in [3.63, 3.8) is 0 Å². The summed E-state index contributed by atoms with van der Waals surface area (Å²) in [6.45, 7) is 5.67. The second-order valence-electron chi connectivity index (χ2n) is 8.50. The second-order valence-corrected chi connectivity index (χ2v) is 8.50. The van der Waals surface area contributed by atoms with E-state index >= 15 is 0 Å². The molecule has 1 aromatic heterocycles. The van der Waals surface area contributed by atoms with E-state index in [0.29, 0.717) is 19.7 Å². The van der Waals surface area contributed by atoms with Crippen molar-refractivity contribution in [3.05, 3.63) is 59.9 Å². The van der Waals surface area contributed by atoms with Crippen LogP contribution >= 0.6 is 0 Å². The fraction of sp³-hybridized carbons (Fsp3) is 0.520. The zero-order valence-corrected chi connectivity index (χ0v) is 19.2. The monoisotopic (exact) mass is 425 g/mol. The number of rotatable bonds is 11. The lowest BCUT2D eigenvalue weighted by Crippen LogP contribution is -2.47. The average molecular weight is 426 g/mol. The van der Waals surface area contributed by atoms with Crippen LogP contribution < -0.4 is 0 Å². The first kappa shape index (κ1) is 23.1. The predicted octanol–water partition coefficient (Wildman–Crippen LogP) is 3.43. The molecule has 2 amide bonds. The third-order valence-electron chi connectivity index (χ3n) is 6.37. The van der Waals surface area contributed by atoms with E-state index in [1.807, 2.05) is 55.1 Å². The van der Waals surface area contributed by atoms with Crippen LogP contribution in [0.2, 0.25) is 0 Å². The highest BCUT2D eigenvalue weighted by Gasteiger charge is 2.46. The summed E-state index contributed by atoms with van der Waals surface area (Å²) in [6.07, 6.45) is 3.65. The van der Waals surface area contributed by atoms with E-state index < -0.39 is 0 Å². The second kappa shape index (κ2) is 10.6. The Morgan fingerprint density at radius 1 is 1.19 bits per heavy atom. The quantitative estimate of drug-likeness (QED) is 0.554. The Morgan fingerprint density at radius 2 is 1.94 bits per heavy atom. The van der Waals surface area contributed by atoms with E-state index in [0.717, 1.165) is 18.5 Å². The van der Waals surface area contributed by atoms with E-state index in [1.165, 1.54) is 5.56 Å². The number of methoxy groups -OCH3 is 1. The van der Waals surface area contributed by atoms with Gasteiger partial charge in [0.2, 0.25) is 11.8 Å². The maximum atomic E-state index is 13.4. The minimum Gasteiger partial charge on any atom is -0.383 e. The molecule has 6 heteroatoms. The molecule has 0 radical (unpaired) electrons. The van der Waals surface area contributed by atoms with Gasteiger partial charge in [0.05, 0.1) is 13.2 Å². The van der Waals surface area contributed by atoms with Crippen molar-refractivity contribution in [2.75, 3.05) is 26.8 Å². The van der Waals surface area contributed by atoms with E-state index in [2.05, 4.69) is 19.1 Å². The Kier molecular flexibility index (Phi) is 7.91. The topological polar surface area (TPSA) is 54.8 Å². The number of aromatic nitrogens is 1. The van der Waals surface area contributed by atoms with Gasteiger partial charge in [0, 0.05) is 44.6 Å². The molecule has 1 heterocycles. The Bertz CT molecular complexity index is 864. The molecule has 0 bridgehead atoms. The Hall–Kier alpha value is -2.60. The first-order valence-corrected chi connectivity index (χ1v) is 11.2. The fourth-order valence-electron chi connectivity index (χ4n) is 4.02. The summed E-state index contributed by atoms with van der Waals surface area (Å²) in [5.41, 5.74) is 2.26. The number of amides is 2. The summed E-state index contributed by atoms with van der Waals surface area (Å²) in [7, 11) is 3.61. The molecule has 0 N–H and O–H groups in total. The van der Waals surface area contributed by atoms with Crippen LogP contribution in [0.25, 0.3) is 0 Å². The molecule has 6 nitrogen and oxygen atoms in total. The van der Waals surface area contributed by atoms with Crippen molar-refractivity contribution < 1.29 is 14.3 Å². The highest BCUT2D eigenvalue weighted by molar-refractivity contribution is 5.88. The Balaban J connectivity index is 1.70. The predicted molar refractivity (Wildman–Crippen MR) is 121 cm³/mol. The first-order valence-electron chi connectivity index (χ1n) is 11.2. The minimum absolute atomic E-state index is 0.0211. The number of carbonyl (C=O) groups excluding carboxylic acids is 2. The van der Waals surface area contributed by atoms with Crippen molar-refractivity contribution in [1.82, 2.24) is 14.4 Å². The van der Waals surface area contributed by atoms with E-state index in [9.17, 15) is 9.59 Å². The fourth-order valence-corrected chi connectivity index (χ4v) is 4.02. The van der Waals surface area contributed by atoms with Gasteiger partial charge in [0.25, 0.3) is 0 Å². The molecule has 0 saturated heterocycles. The highest BCUT2D eigenvalue weighted by Crippen LogP contribution is 2.48. The number of ether oxygens (including phenoxy) is 1. The van der Waals surface area contributed by atoms with Gasteiger partial charge >= 0.3 is 0 Å². The van der Waals surface area contributed by atoms with Gasteiger partial charge in [0.15, 0.2) is 0 Å². The number of hydrogen-bond acceptors (Lipinski definition) is 3. The molecule has 2 aromatic rings. The van der Waals surface area contributed by atoms with Crippen LogP contribution in [0.1, 0.15) is 43.9 Å². The lowest BCUT2D eigenvalue weighted by molar-refractivity contribution is -0.143. The summed E-state index contributed by atoms with van der Waals surface area (Å²) < 4.78 is 7.24. The van der Waals surface area contributed by atoms with Gasteiger partial charge in [-0.05, 0) is 43.4 Å². The summed E-state index contributed by atoms with van der Waals surface area (Å²) >= 11 is 0. The van der Waals surface area contributed by atoms with Gasteiger partial charge in [-0.25, -0.2) is 0 Å². The summed E-state index contributed by atoms with van der Waals surface area (Å²) in [4.78, 5) is 30.2. The largest absolute Gasteiger partial charge is 0.383 e. The zero-order chi connectivity index (χ0) is 22.4. The molecule has 3 atom stereocenters. The SMILES string of the molecule is CCC(C)N(CC(=O)N(CCOC)Cc1cccn1C)C(=O)C1CC1c1ccccc1. The zero-order valence-electron chi connectivity index (χ0n) is 19.2. The lowest BCUT2D eigenvalue weighted by atomic mass is 10.1.